The monoisotopic (exact) mass is 291 g/mol. The van der Waals surface area contributed by atoms with E-state index in [1.54, 1.807) is 0 Å². The number of aryl methyl sites for hydroxylation is 1. The molecule has 20 heavy (non-hydrogen) atoms. The maximum absolute atomic E-state index is 5.70. The van der Waals surface area contributed by atoms with Gasteiger partial charge >= 0.3 is 0 Å². The molecule has 0 spiro atoms. The Bertz CT molecular complexity index is 675. The first kappa shape index (κ1) is 13.8. The number of nitrogens with zero attached hydrogens (tertiary/aromatic N) is 3. The molecule has 1 saturated heterocycles. The molecular weight excluding hydrogens is 270 g/mol. The predicted octanol–water partition coefficient (Wildman–Crippen LogP) is 2.78. The van der Waals surface area contributed by atoms with Crippen LogP contribution < -0.4 is 0 Å². The maximum atomic E-state index is 5.70. The van der Waals surface area contributed by atoms with Gasteiger partial charge in [-0.05, 0) is 38.2 Å². The fraction of sp³-hybridized carbons (Fsp3) is 0.533. The van der Waals surface area contributed by atoms with Crippen LogP contribution in [0.25, 0.3) is 11.0 Å². The molecule has 2 heterocycles. The minimum Gasteiger partial charge on any atom is -0.376 e. The first-order valence-corrected chi connectivity index (χ1v) is 7.48. The summed E-state index contributed by atoms with van der Waals surface area (Å²) in [4.78, 5) is 2.44. The molecule has 2 atom stereocenters. The van der Waals surface area contributed by atoms with Crippen molar-refractivity contribution >= 4 is 23.3 Å². The highest BCUT2D eigenvalue weighted by Crippen LogP contribution is 2.19. The van der Waals surface area contributed by atoms with Crippen molar-refractivity contribution in [3.63, 3.8) is 0 Å². The Morgan fingerprint density at radius 3 is 2.70 bits per heavy atom. The summed E-state index contributed by atoms with van der Waals surface area (Å²) < 4.78 is 10.9. The van der Waals surface area contributed by atoms with Crippen LogP contribution in [-0.2, 0) is 18.5 Å². The van der Waals surface area contributed by atoms with Crippen molar-refractivity contribution < 1.29 is 4.74 Å². The van der Waals surface area contributed by atoms with E-state index in [0.717, 1.165) is 24.6 Å². The second-order valence-corrected chi connectivity index (χ2v) is 6.03. The summed E-state index contributed by atoms with van der Waals surface area (Å²) in [7, 11) is 2.03. The smallest absolute Gasteiger partial charge is 0.181 e. The summed E-state index contributed by atoms with van der Waals surface area (Å²) in [6.07, 6.45) is 0.287. The Labute approximate surface area is 124 Å². The average Bonchev–Trinajstić information content (AvgIpc) is 2.68. The summed E-state index contributed by atoms with van der Waals surface area (Å²) in [5.74, 6) is 0. The maximum Gasteiger partial charge on any atom is 0.181 e. The van der Waals surface area contributed by atoms with Gasteiger partial charge < -0.3 is 13.9 Å². The highest BCUT2D eigenvalue weighted by atomic mass is 32.1. The van der Waals surface area contributed by atoms with E-state index < -0.39 is 0 Å². The van der Waals surface area contributed by atoms with Crippen LogP contribution in [0.4, 0.5) is 0 Å². The number of rotatable bonds is 2. The highest BCUT2D eigenvalue weighted by Gasteiger charge is 2.24. The molecule has 3 rings (SSSR count). The van der Waals surface area contributed by atoms with Gasteiger partial charge in [-0.15, -0.1) is 0 Å². The van der Waals surface area contributed by atoms with Gasteiger partial charge in [-0.3, -0.25) is 4.90 Å². The van der Waals surface area contributed by atoms with Crippen LogP contribution in [0, 0.1) is 4.77 Å². The van der Waals surface area contributed by atoms with Crippen LogP contribution in [0.5, 0.6) is 0 Å². The molecule has 0 N–H and O–H groups in total. The fourth-order valence-electron chi connectivity index (χ4n) is 2.85. The molecule has 1 fully saturated rings. The topological polar surface area (TPSA) is 22.3 Å². The number of benzene rings is 1. The van der Waals surface area contributed by atoms with Gasteiger partial charge in [0.2, 0.25) is 0 Å². The Morgan fingerprint density at radius 1 is 1.25 bits per heavy atom. The molecule has 1 aromatic carbocycles. The summed E-state index contributed by atoms with van der Waals surface area (Å²) >= 11 is 5.60. The van der Waals surface area contributed by atoms with E-state index in [1.807, 2.05) is 7.05 Å². The van der Waals surface area contributed by atoms with Gasteiger partial charge in [-0.1, -0.05) is 12.1 Å². The number of para-hydroxylation sites is 2. The number of ether oxygens (including phenoxy) is 1. The van der Waals surface area contributed by atoms with Crippen molar-refractivity contribution in [2.24, 2.45) is 7.05 Å². The number of aromatic nitrogens is 2. The van der Waals surface area contributed by atoms with Gasteiger partial charge in [-0.2, -0.15) is 0 Å². The van der Waals surface area contributed by atoms with E-state index in [9.17, 15) is 0 Å². The number of fused-ring (bicyclic) bond motifs is 1. The van der Waals surface area contributed by atoms with Gasteiger partial charge in [0, 0.05) is 19.6 Å². The third kappa shape index (κ3) is 2.30. The molecule has 2 aromatic rings. The van der Waals surface area contributed by atoms with E-state index in [4.69, 9.17) is 17.0 Å². The molecule has 1 aliphatic heterocycles. The molecule has 0 amide bonds. The minimum absolute atomic E-state index is 0.287. The summed E-state index contributed by atoms with van der Waals surface area (Å²) in [6, 6.07) is 8.80. The largest absolute Gasteiger partial charge is 0.376 e. The SMILES string of the molecule is CC1CN(Cn2c(=S)n(C)c3ccccc32)C(C)CO1. The first-order valence-electron chi connectivity index (χ1n) is 7.08. The van der Waals surface area contributed by atoms with E-state index in [1.165, 1.54) is 11.0 Å². The van der Waals surface area contributed by atoms with Gasteiger partial charge in [0.15, 0.2) is 4.77 Å². The zero-order valence-corrected chi connectivity index (χ0v) is 13.1. The highest BCUT2D eigenvalue weighted by molar-refractivity contribution is 7.71. The standard InChI is InChI=1S/C15H21N3OS/c1-11-9-19-12(2)8-17(11)10-18-14-7-5-4-6-13(14)16(3)15(18)20/h4-7,11-12H,8-10H2,1-3H3. The van der Waals surface area contributed by atoms with E-state index in [-0.39, 0.29) is 6.10 Å². The van der Waals surface area contributed by atoms with Gasteiger partial charge in [0.05, 0.1) is 30.4 Å². The zero-order chi connectivity index (χ0) is 14.3. The summed E-state index contributed by atoms with van der Waals surface area (Å²) in [5.41, 5.74) is 2.39. The van der Waals surface area contributed by atoms with Crippen molar-refractivity contribution in [1.29, 1.82) is 0 Å². The first-order chi connectivity index (χ1) is 9.58. The average molecular weight is 291 g/mol. The molecule has 0 saturated carbocycles. The van der Waals surface area contributed by atoms with Gasteiger partial charge in [-0.25, -0.2) is 0 Å². The van der Waals surface area contributed by atoms with Crippen LogP contribution in [0.2, 0.25) is 0 Å². The molecule has 108 valence electrons. The Kier molecular flexibility index (Phi) is 3.67. The third-order valence-corrected chi connectivity index (χ3v) is 4.61. The lowest BCUT2D eigenvalue weighted by Gasteiger charge is -2.36. The molecule has 4 nitrogen and oxygen atoms in total. The van der Waals surface area contributed by atoms with Crippen LogP contribution in [-0.4, -0.2) is 39.3 Å². The molecule has 0 radical (unpaired) electrons. The van der Waals surface area contributed by atoms with E-state index in [2.05, 4.69) is 52.1 Å². The van der Waals surface area contributed by atoms with Crippen molar-refractivity contribution in [3.8, 4) is 0 Å². The zero-order valence-electron chi connectivity index (χ0n) is 12.2. The van der Waals surface area contributed by atoms with Gasteiger partial charge in [0.25, 0.3) is 0 Å². The molecule has 0 aliphatic carbocycles. The van der Waals surface area contributed by atoms with Crippen molar-refractivity contribution in [2.45, 2.75) is 32.7 Å². The van der Waals surface area contributed by atoms with Crippen LogP contribution in [0.3, 0.4) is 0 Å². The molecular formula is C15H21N3OS. The molecule has 1 aliphatic rings. The molecule has 2 unspecified atom stereocenters. The minimum atomic E-state index is 0.287. The number of hydrogen-bond acceptors (Lipinski definition) is 3. The van der Waals surface area contributed by atoms with Crippen molar-refractivity contribution in [2.75, 3.05) is 13.2 Å². The second-order valence-electron chi connectivity index (χ2n) is 5.66. The van der Waals surface area contributed by atoms with Crippen LogP contribution in [0.15, 0.2) is 24.3 Å². The molecule has 1 aromatic heterocycles. The lowest BCUT2D eigenvalue weighted by Crippen LogP contribution is -2.47. The van der Waals surface area contributed by atoms with E-state index in [0.29, 0.717) is 6.04 Å². The number of hydrogen-bond donors (Lipinski definition) is 0. The third-order valence-electron chi connectivity index (χ3n) is 4.11. The van der Waals surface area contributed by atoms with E-state index >= 15 is 0 Å². The van der Waals surface area contributed by atoms with Gasteiger partial charge in [0.1, 0.15) is 0 Å². The summed E-state index contributed by atoms with van der Waals surface area (Å²) in [5, 5.41) is 0. The number of imidazole rings is 1. The lowest BCUT2D eigenvalue weighted by atomic mass is 10.2. The van der Waals surface area contributed by atoms with Crippen LogP contribution >= 0.6 is 12.2 Å². The molecule has 0 bridgehead atoms. The quantitative estimate of drug-likeness (QED) is 0.795. The second kappa shape index (κ2) is 5.31. The lowest BCUT2D eigenvalue weighted by molar-refractivity contribution is -0.0605. The Balaban J connectivity index is 1.98. The summed E-state index contributed by atoms with van der Waals surface area (Å²) in [6.45, 7) is 6.91. The predicted molar refractivity (Wildman–Crippen MR) is 83.3 cm³/mol. The number of morpholine rings is 1. The van der Waals surface area contributed by atoms with Crippen molar-refractivity contribution in [1.82, 2.24) is 14.0 Å². The fourth-order valence-corrected chi connectivity index (χ4v) is 3.10. The Morgan fingerprint density at radius 2 is 1.95 bits per heavy atom. The Hall–Kier alpha value is -1.17. The van der Waals surface area contributed by atoms with Crippen LogP contribution in [0.1, 0.15) is 13.8 Å². The normalized spacial score (nSPS) is 24.4. The van der Waals surface area contributed by atoms with Crippen molar-refractivity contribution in [3.05, 3.63) is 29.0 Å². The molecule has 5 heteroatoms.